The summed E-state index contributed by atoms with van der Waals surface area (Å²) < 4.78 is 6.08. The van der Waals surface area contributed by atoms with E-state index < -0.39 is 0 Å². The lowest BCUT2D eigenvalue weighted by Crippen LogP contribution is -2.35. The predicted molar refractivity (Wildman–Crippen MR) is 77.6 cm³/mol. The molecule has 0 saturated carbocycles. The van der Waals surface area contributed by atoms with E-state index in [9.17, 15) is 0 Å². The summed E-state index contributed by atoms with van der Waals surface area (Å²) in [6.45, 7) is 2.15. The first-order valence-electron chi connectivity index (χ1n) is 6.77. The first-order valence-corrected chi connectivity index (χ1v) is 7.93. The summed E-state index contributed by atoms with van der Waals surface area (Å²) in [6.07, 6.45) is 2.67. The topological polar surface area (TPSA) is 21.3 Å². The molecule has 0 radical (unpaired) electrons. The number of hydrogen-bond donors (Lipinski definition) is 1. The molecule has 2 nitrogen and oxygen atoms in total. The van der Waals surface area contributed by atoms with Crippen LogP contribution in [0.25, 0.3) is 0 Å². The molecule has 0 aromatic heterocycles. The van der Waals surface area contributed by atoms with E-state index >= 15 is 0 Å². The van der Waals surface area contributed by atoms with Gasteiger partial charge in [-0.25, -0.2) is 0 Å². The minimum Gasteiger partial charge on any atom is -0.490 e. The highest BCUT2D eigenvalue weighted by atomic mass is 32.2. The number of nitrogens with one attached hydrogen (secondary N) is 1. The van der Waals surface area contributed by atoms with E-state index in [-0.39, 0.29) is 0 Å². The molecule has 3 atom stereocenters. The van der Waals surface area contributed by atoms with Gasteiger partial charge in [0.15, 0.2) is 0 Å². The average Bonchev–Trinajstić information content (AvgIpc) is 2.94. The Kier molecular flexibility index (Phi) is 3.53. The second-order valence-corrected chi connectivity index (χ2v) is 6.56. The van der Waals surface area contributed by atoms with Gasteiger partial charge in [-0.1, -0.05) is 17.7 Å². The molecule has 0 spiro atoms. The summed E-state index contributed by atoms with van der Waals surface area (Å²) >= 11 is 2.07. The third-order valence-corrected chi connectivity index (χ3v) is 5.35. The Morgan fingerprint density at radius 2 is 2.28 bits per heavy atom. The van der Waals surface area contributed by atoms with E-state index in [2.05, 4.69) is 49.2 Å². The van der Waals surface area contributed by atoms with Gasteiger partial charge in [0.2, 0.25) is 0 Å². The van der Waals surface area contributed by atoms with Crippen molar-refractivity contribution in [3.63, 3.8) is 0 Å². The lowest BCUT2D eigenvalue weighted by atomic mass is 9.94. The second-order valence-electron chi connectivity index (χ2n) is 5.48. The molecule has 0 aliphatic carbocycles. The largest absolute Gasteiger partial charge is 0.490 e. The standard InChI is InChI=1S/C15H21NOS/c1-10-3-4-15-11(5-10)6-13(17-15)7-12-8-18-9-14(12)16-2/h3-5,12-14,16H,6-9H2,1-2H3. The summed E-state index contributed by atoms with van der Waals surface area (Å²) in [6, 6.07) is 7.21. The quantitative estimate of drug-likeness (QED) is 0.906. The fourth-order valence-electron chi connectivity index (χ4n) is 3.07. The lowest BCUT2D eigenvalue weighted by molar-refractivity contribution is 0.190. The first-order chi connectivity index (χ1) is 8.76. The fourth-order valence-corrected chi connectivity index (χ4v) is 4.57. The molecule has 3 unspecified atom stereocenters. The van der Waals surface area contributed by atoms with E-state index in [1.54, 1.807) is 0 Å². The molecule has 1 fully saturated rings. The van der Waals surface area contributed by atoms with Crippen molar-refractivity contribution in [1.29, 1.82) is 0 Å². The molecule has 3 rings (SSSR count). The highest BCUT2D eigenvalue weighted by Crippen LogP contribution is 2.35. The molecular formula is C15H21NOS. The van der Waals surface area contributed by atoms with Gasteiger partial charge in [0.25, 0.3) is 0 Å². The summed E-state index contributed by atoms with van der Waals surface area (Å²) in [5.41, 5.74) is 2.73. The van der Waals surface area contributed by atoms with Crippen LogP contribution in [0.15, 0.2) is 18.2 Å². The van der Waals surface area contributed by atoms with E-state index in [1.165, 1.54) is 29.1 Å². The van der Waals surface area contributed by atoms with Gasteiger partial charge < -0.3 is 10.1 Å². The van der Waals surface area contributed by atoms with Crippen molar-refractivity contribution < 1.29 is 4.74 Å². The Bertz CT molecular complexity index is 435. The van der Waals surface area contributed by atoms with Crippen molar-refractivity contribution in [2.45, 2.75) is 31.9 Å². The maximum atomic E-state index is 6.08. The molecule has 2 heterocycles. The van der Waals surface area contributed by atoms with Gasteiger partial charge in [-0.2, -0.15) is 11.8 Å². The molecule has 0 amide bonds. The smallest absolute Gasteiger partial charge is 0.123 e. The third-order valence-electron chi connectivity index (χ3n) is 4.09. The summed E-state index contributed by atoms with van der Waals surface area (Å²) in [5, 5.41) is 3.44. The van der Waals surface area contributed by atoms with Crippen LogP contribution in [0.3, 0.4) is 0 Å². The van der Waals surface area contributed by atoms with Gasteiger partial charge in [0.1, 0.15) is 11.9 Å². The maximum Gasteiger partial charge on any atom is 0.123 e. The SMILES string of the molecule is CNC1CSCC1CC1Cc2cc(C)ccc2O1. The molecular weight excluding hydrogens is 242 g/mol. The van der Waals surface area contributed by atoms with Crippen LogP contribution in [0.1, 0.15) is 17.5 Å². The Hall–Kier alpha value is -0.670. The molecule has 1 saturated heterocycles. The number of thioether (sulfide) groups is 1. The Labute approximate surface area is 113 Å². The number of hydrogen-bond acceptors (Lipinski definition) is 3. The Morgan fingerprint density at radius 3 is 3.11 bits per heavy atom. The number of benzene rings is 1. The van der Waals surface area contributed by atoms with Gasteiger partial charge in [0.05, 0.1) is 0 Å². The van der Waals surface area contributed by atoms with Crippen LogP contribution in [0.4, 0.5) is 0 Å². The molecule has 18 heavy (non-hydrogen) atoms. The molecule has 1 N–H and O–H groups in total. The van der Waals surface area contributed by atoms with Crippen LogP contribution in [0.2, 0.25) is 0 Å². The highest BCUT2D eigenvalue weighted by molar-refractivity contribution is 7.99. The second kappa shape index (κ2) is 5.14. The third kappa shape index (κ3) is 2.39. The van der Waals surface area contributed by atoms with Crippen molar-refractivity contribution in [3.8, 4) is 5.75 Å². The molecule has 0 bridgehead atoms. The number of rotatable bonds is 3. The van der Waals surface area contributed by atoms with Gasteiger partial charge in [0, 0.05) is 18.2 Å². The van der Waals surface area contributed by atoms with Crippen molar-refractivity contribution in [2.75, 3.05) is 18.6 Å². The van der Waals surface area contributed by atoms with E-state index in [4.69, 9.17) is 4.74 Å². The van der Waals surface area contributed by atoms with E-state index in [1.807, 2.05) is 0 Å². The molecule has 2 aliphatic rings. The number of ether oxygens (including phenoxy) is 1. The lowest BCUT2D eigenvalue weighted by Gasteiger charge is -2.21. The van der Waals surface area contributed by atoms with Gasteiger partial charge in [-0.3, -0.25) is 0 Å². The number of aryl methyl sites for hydroxylation is 1. The zero-order chi connectivity index (χ0) is 12.5. The zero-order valence-electron chi connectivity index (χ0n) is 11.1. The van der Waals surface area contributed by atoms with Crippen molar-refractivity contribution in [1.82, 2.24) is 5.32 Å². The summed E-state index contributed by atoms with van der Waals surface area (Å²) in [5.74, 6) is 4.40. The Balaban J connectivity index is 1.64. The summed E-state index contributed by atoms with van der Waals surface area (Å²) in [7, 11) is 2.08. The van der Waals surface area contributed by atoms with Crippen LogP contribution in [0, 0.1) is 12.8 Å². The molecule has 1 aromatic rings. The number of fused-ring (bicyclic) bond motifs is 1. The van der Waals surface area contributed by atoms with Crippen LogP contribution in [-0.2, 0) is 6.42 Å². The Morgan fingerprint density at radius 1 is 1.39 bits per heavy atom. The molecule has 2 aliphatic heterocycles. The zero-order valence-corrected chi connectivity index (χ0v) is 11.9. The normalized spacial score (nSPS) is 30.2. The van der Waals surface area contributed by atoms with Gasteiger partial charge in [-0.05, 0) is 43.7 Å². The predicted octanol–water partition coefficient (Wildman–Crippen LogP) is 2.64. The van der Waals surface area contributed by atoms with Gasteiger partial charge >= 0.3 is 0 Å². The van der Waals surface area contributed by atoms with E-state index in [0.29, 0.717) is 12.1 Å². The van der Waals surface area contributed by atoms with Crippen molar-refractivity contribution in [3.05, 3.63) is 29.3 Å². The van der Waals surface area contributed by atoms with E-state index in [0.717, 1.165) is 18.1 Å². The summed E-state index contributed by atoms with van der Waals surface area (Å²) in [4.78, 5) is 0. The maximum absolute atomic E-state index is 6.08. The van der Waals surface area contributed by atoms with Crippen molar-refractivity contribution >= 4 is 11.8 Å². The molecule has 1 aromatic carbocycles. The molecule has 3 heteroatoms. The average molecular weight is 263 g/mol. The van der Waals surface area contributed by atoms with Crippen LogP contribution in [0.5, 0.6) is 5.75 Å². The minimum absolute atomic E-state index is 0.390. The van der Waals surface area contributed by atoms with Crippen LogP contribution < -0.4 is 10.1 Å². The van der Waals surface area contributed by atoms with Crippen LogP contribution in [-0.4, -0.2) is 30.7 Å². The van der Waals surface area contributed by atoms with Crippen molar-refractivity contribution in [2.24, 2.45) is 5.92 Å². The monoisotopic (exact) mass is 263 g/mol. The highest BCUT2D eigenvalue weighted by Gasteiger charge is 2.32. The first kappa shape index (κ1) is 12.4. The minimum atomic E-state index is 0.390. The van der Waals surface area contributed by atoms with Gasteiger partial charge in [-0.15, -0.1) is 0 Å². The fraction of sp³-hybridized carbons (Fsp3) is 0.600. The molecule has 98 valence electrons. The van der Waals surface area contributed by atoms with Crippen LogP contribution >= 0.6 is 11.8 Å².